The second-order valence-corrected chi connectivity index (χ2v) is 7.31. The van der Waals surface area contributed by atoms with Gasteiger partial charge in [0, 0.05) is 18.0 Å². The van der Waals surface area contributed by atoms with Gasteiger partial charge in [0.15, 0.2) is 0 Å². The largest absolute Gasteiger partial charge is 0.494 e. The third kappa shape index (κ3) is 2.45. The van der Waals surface area contributed by atoms with Crippen LogP contribution in [0, 0.1) is 0 Å². The lowest BCUT2D eigenvalue weighted by Gasteiger charge is -2.32. The molecule has 1 aliphatic heterocycles. The lowest BCUT2D eigenvalue weighted by Crippen LogP contribution is -2.41. The lowest BCUT2D eigenvalue weighted by atomic mass is 9.78. The summed E-state index contributed by atoms with van der Waals surface area (Å²) >= 11 is 0. The van der Waals surface area contributed by atoms with Crippen LogP contribution >= 0.6 is 0 Å². The number of imidazole rings is 1. The average molecular weight is 320 g/mol. The van der Waals surface area contributed by atoms with Gasteiger partial charge in [0.05, 0.1) is 16.9 Å². The van der Waals surface area contributed by atoms with Gasteiger partial charge in [-0.15, -0.1) is 0 Å². The highest BCUT2D eigenvalue weighted by Crippen LogP contribution is 2.36. The quantitative estimate of drug-likeness (QED) is 0.680. The van der Waals surface area contributed by atoms with Crippen LogP contribution in [-0.4, -0.2) is 27.7 Å². The summed E-state index contributed by atoms with van der Waals surface area (Å²) in [6.45, 7) is 8.27. The molecular weight excluding hydrogens is 299 g/mol. The Morgan fingerprint density at radius 1 is 0.958 bits per heavy atom. The minimum absolute atomic E-state index is 0.337. The van der Waals surface area contributed by atoms with Crippen LogP contribution < -0.4 is 5.46 Å². The van der Waals surface area contributed by atoms with Gasteiger partial charge in [-0.2, -0.15) is 0 Å². The predicted octanol–water partition coefficient (Wildman–Crippen LogP) is 3.30. The molecule has 0 atom stereocenters. The molecule has 0 unspecified atom stereocenters. The maximum absolute atomic E-state index is 6.15. The summed E-state index contributed by atoms with van der Waals surface area (Å²) in [5, 5.41) is 0. The fourth-order valence-corrected chi connectivity index (χ4v) is 2.90. The summed E-state index contributed by atoms with van der Waals surface area (Å²) in [6, 6.07) is 14.2. The van der Waals surface area contributed by atoms with E-state index in [1.807, 2.05) is 47.1 Å². The zero-order chi connectivity index (χ0) is 16.9. The maximum atomic E-state index is 6.15. The number of hydrogen-bond donors (Lipinski definition) is 0. The van der Waals surface area contributed by atoms with Crippen molar-refractivity contribution >= 4 is 18.2 Å². The van der Waals surface area contributed by atoms with E-state index in [4.69, 9.17) is 9.31 Å². The van der Waals surface area contributed by atoms with Crippen molar-refractivity contribution in [1.29, 1.82) is 0 Å². The Morgan fingerprint density at radius 3 is 2.42 bits per heavy atom. The molecule has 0 aliphatic carbocycles. The van der Waals surface area contributed by atoms with Crippen LogP contribution in [0.1, 0.15) is 27.7 Å². The summed E-state index contributed by atoms with van der Waals surface area (Å²) in [6.07, 6.45) is 4.04. The number of nitrogens with zero attached hydrogens (tertiary/aromatic N) is 2. The molecule has 3 heterocycles. The van der Waals surface area contributed by atoms with Crippen LogP contribution in [0.5, 0.6) is 0 Å². The van der Waals surface area contributed by atoms with Gasteiger partial charge in [-0.1, -0.05) is 30.3 Å². The Balaban J connectivity index is 1.70. The molecule has 3 aromatic rings. The first kappa shape index (κ1) is 15.4. The number of pyridine rings is 1. The Hall–Kier alpha value is -2.11. The first-order valence-corrected chi connectivity index (χ1v) is 8.25. The van der Waals surface area contributed by atoms with Crippen molar-refractivity contribution in [3.8, 4) is 11.3 Å². The molecule has 4 rings (SSSR count). The minimum Gasteiger partial charge on any atom is -0.399 e. The molecule has 5 heteroatoms. The third-order valence-corrected chi connectivity index (χ3v) is 5.07. The normalized spacial score (nSPS) is 19.1. The van der Waals surface area contributed by atoms with E-state index in [9.17, 15) is 0 Å². The monoisotopic (exact) mass is 320 g/mol. The van der Waals surface area contributed by atoms with E-state index in [1.54, 1.807) is 0 Å². The van der Waals surface area contributed by atoms with Gasteiger partial charge in [-0.05, 0) is 45.3 Å². The summed E-state index contributed by atoms with van der Waals surface area (Å²) in [5.74, 6) is 0. The maximum Gasteiger partial charge on any atom is 0.494 e. The molecule has 122 valence electrons. The highest BCUT2D eigenvalue weighted by molar-refractivity contribution is 6.62. The Labute approximate surface area is 142 Å². The molecule has 4 nitrogen and oxygen atoms in total. The van der Waals surface area contributed by atoms with Crippen molar-refractivity contribution in [3.05, 3.63) is 54.9 Å². The van der Waals surface area contributed by atoms with E-state index in [2.05, 4.69) is 44.8 Å². The van der Waals surface area contributed by atoms with Gasteiger partial charge in [-0.25, -0.2) is 4.98 Å². The predicted molar refractivity (Wildman–Crippen MR) is 96.3 cm³/mol. The summed E-state index contributed by atoms with van der Waals surface area (Å²) in [5.41, 5.74) is 3.29. The van der Waals surface area contributed by atoms with E-state index in [0.29, 0.717) is 0 Å². The van der Waals surface area contributed by atoms with E-state index in [0.717, 1.165) is 22.4 Å². The highest BCUT2D eigenvalue weighted by atomic mass is 16.7. The molecule has 0 radical (unpaired) electrons. The summed E-state index contributed by atoms with van der Waals surface area (Å²) in [7, 11) is -0.355. The SMILES string of the molecule is CC1(C)OB(c2cccc(-c3cn4ccccc4n3)c2)OC1(C)C. The van der Waals surface area contributed by atoms with E-state index in [1.165, 1.54) is 0 Å². The van der Waals surface area contributed by atoms with Crippen LogP contribution in [0.15, 0.2) is 54.9 Å². The van der Waals surface area contributed by atoms with Gasteiger partial charge in [0.2, 0.25) is 0 Å². The van der Waals surface area contributed by atoms with Crippen molar-refractivity contribution in [3.63, 3.8) is 0 Å². The molecule has 0 saturated carbocycles. The first-order valence-electron chi connectivity index (χ1n) is 8.25. The van der Waals surface area contributed by atoms with Gasteiger partial charge in [0.25, 0.3) is 0 Å². The van der Waals surface area contributed by atoms with Gasteiger partial charge in [-0.3, -0.25) is 0 Å². The fourth-order valence-electron chi connectivity index (χ4n) is 2.90. The zero-order valence-corrected chi connectivity index (χ0v) is 14.5. The molecule has 1 saturated heterocycles. The molecular formula is C19H21BN2O2. The second kappa shape index (κ2) is 5.20. The third-order valence-electron chi connectivity index (χ3n) is 5.07. The topological polar surface area (TPSA) is 35.8 Å². The van der Waals surface area contributed by atoms with Crippen LogP contribution in [0.4, 0.5) is 0 Å². The zero-order valence-electron chi connectivity index (χ0n) is 14.5. The van der Waals surface area contributed by atoms with Crippen molar-refractivity contribution in [1.82, 2.24) is 9.38 Å². The fraction of sp³-hybridized carbons (Fsp3) is 0.316. The smallest absolute Gasteiger partial charge is 0.399 e. The molecule has 0 amide bonds. The Kier molecular flexibility index (Phi) is 3.34. The number of rotatable bonds is 2. The Bertz CT molecular complexity index is 852. The molecule has 0 N–H and O–H groups in total. The second-order valence-electron chi connectivity index (χ2n) is 7.31. The number of fused-ring (bicyclic) bond motifs is 1. The minimum atomic E-state index is -0.355. The van der Waals surface area contributed by atoms with Crippen molar-refractivity contribution in [2.45, 2.75) is 38.9 Å². The molecule has 24 heavy (non-hydrogen) atoms. The van der Waals surface area contributed by atoms with E-state index < -0.39 is 0 Å². The van der Waals surface area contributed by atoms with Crippen LogP contribution in [-0.2, 0) is 9.31 Å². The molecule has 1 fully saturated rings. The van der Waals surface area contributed by atoms with Crippen LogP contribution in [0.3, 0.4) is 0 Å². The van der Waals surface area contributed by atoms with E-state index in [-0.39, 0.29) is 18.3 Å². The van der Waals surface area contributed by atoms with Crippen molar-refractivity contribution < 1.29 is 9.31 Å². The van der Waals surface area contributed by atoms with E-state index >= 15 is 0 Å². The van der Waals surface area contributed by atoms with Crippen molar-refractivity contribution in [2.75, 3.05) is 0 Å². The summed E-state index contributed by atoms with van der Waals surface area (Å²) in [4.78, 5) is 4.69. The van der Waals surface area contributed by atoms with Gasteiger partial charge in [0.1, 0.15) is 5.65 Å². The molecule has 1 aromatic carbocycles. The van der Waals surface area contributed by atoms with Gasteiger partial charge < -0.3 is 13.7 Å². The number of hydrogen-bond acceptors (Lipinski definition) is 3. The lowest BCUT2D eigenvalue weighted by molar-refractivity contribution is 0.00578. The average Bonchev–Trinajstić information content (AvgIpc) is 3.06. The number of aromatic nitrogens is 2. The van der Waals surface area contributed by atoms with Gasteiger partial charge >= 0.3 is 7.12 Å². The highest BCUT2D eigenvalue weighted by Gasteiger charge is 2.51. The Morgan fingerprint density at radius 2 is 1.71 bits per heavy atom. The first-order chi connectivity index (χ1) is 11.4. The van der Waals surface area contributed by atoms with Crippen molar-refractivity contribution in [2.24, 2.45) is 0 Å². The molecule has 2 aromatic heterocycles. The van der Waals surface area contributed by atoms with Crippen LogP contribution in [0.2, 0.25) is 0 Å². The van der Waals surface area contributed by atoms with Crippen LogP contribution in [0.25, 0.3) is 16.9 Å². The molecule has 0 spiro atoms. The number of benzene rings is 1. The summed E-state index contributed by atoms with van der Waals surface area (Å²) < 4.78 is 14.3. The standard InChI is InChI=1S/C19H21BN2O2/c1-18(2)19(3,4)24-20(23-18)15-9-7-8-14(12-15)16-13-22-11-6-5-10-17(22)21-16/h5-13H,1-4H3. The molecule has 1 aliphatic rings. The molecule has 0 bridgehead atoms.